The average Bonchev–Trinajstić information content (AvgIpc) is 2.97. The fourth-order valence-electron chi connectivity index (χ4n) is 2.37. The van der Waals surface area contributed by atoms with Crippen molar-refractivity contribution in [2.24, 2.45) is 10.9 Å². The maximum atomic E-state index is 8.79. The molecule has 0 bridgehead atoms. The van der Waals surface area contributed by atoms with E-state index in [0.29, 0.717) is 5.69 Å². The van der Waals surface area contributed by atoms with Crippen LogP contribution in [0.3, 0.4) is 0 Å². The first kappa shape index (κ1) is 13.6. The largest absolute Gasteiger partial charge is 0.409 e. The van der Waals surface area contributed by atoms with E-state index in [9.17, 15) is 0 Å². The minimum absolute atomic E-state index is 0.0450. The molecule has 1 fully saturated rings. The van der Waals surface area contributed by atoms with Crippen molar-refractivity contribution in [2.45, 2.75) is 12.8 Å². The van der Waals surface area contributed by atoms with E-state index in [1.54, 1.807) is 6.20 Å². The highest BCUT2D eigenvalue weighted by Crippen LogP contribution is 2.17. The van der Waals surface area contributed by atoms with Gasteiger partial charge in [-0.1, -0.05) is 5.16 Å². The van der Waals surface area contributed by atoms with Crippen LogP contribution >= 0.6 is 0 Å². The Bertz CT molecular complexity index is 442. The first-order chi connectivity index (χ1) is 9.22. The number of aromatic nitrogens is 1. The van der Waals surface area contributed by atoms with E-state index >= 15 is 0 Å². The average molecular weight is 263 g/mol. The maximum Gasteiger partial charge on any atom is 0.190 e. The molecule has 0 spiro atoms. The Labute approximate surface area is 113 Å². The summed E-state index contributed by atoms with van der Waals surface area (Å²) in [5.41, 5.74) is 7.06. The van der Waals surface area contributed by atoms with E-state index in [0.717, 1.165) is 18.8 Å². The van der Waals surface area contributed by atoms with Crippen molar-refractivity contribution in [1.82, 2.24) is 9.88 Å². The van der Waals surface area contributed by atoms with Crippen LogP contribution in [0, 0.1) is 0 Å². The van der Waals surface area contributed by atoms with Gasteiger partial charge >= 0.3 is 0 Å². The number of hydrogen-bond donors (Lipinski definition) is 2. The first-order valence-electron chi connectivity index (χ1n) is 6.59. The summed E-state index contributed by atoms with van der Waals surface area (Å²) in [6.07, 6.45) is 4.24. The molecule has 1 aliphatic heterocycles. The SMILES string of the molecule is CN(CCN1CCCC1)c1cccnc1/C(N)=N/O. The molecule has 0 amide bonds. The number of likely N-dealkylation sites (tertiary alicyclic amines) is 1. The summed E-state index contributed by atoms with van der Waals surface area (Å²) in [5, 5.41) is 11.8. The molecule has 104 valence electrons. The molecule has 1 aromatic rings. The van der Waals surface area contributed by atoms with E-state index in [4.69, 9.17) is 10.9 Å². The number of nitrogens with zero attached hydrogens (tertiary/aromatic N) is 4. The van der Waals surface area contributed by atoms with Crippen molar-refractivity contribution >= 4 is 11.5 Å². The highest BCUT2D eigenvalue weighted by Gasteiger charge is 2.15. The third-order valence-corrected chi connectivity index (χ3v) is 3.50. The third kappa shape index (κ3) is 3.35. The van der Waals surface area contributed by atoms with Crippen LogP contribution in [0.25, 0.3) is 0 Å². The molecular formula is C13H21N5O. The smallest absolute Gasteiger partial charge is 0.190 e. The molecule has 6 nitrogen and oxygen atoms in total. The van der Waals surface area contributed by atoms with Crippen molar-refractivity contribution < 1.29 is 5.21 Å². The molecule has 2 rings (SSSR count). The van der Waals surface area contributed by atoms with Gasteiger partial charge in [-0.05, 0) is 38.1 Å². The summed E-state index contributed by atoms with van der Waals surface area (Å²) < 4.78 is 0. The van der Waals surface area contributed by atoms with Gasteiger partial charge in [-0.25, -0.2) is 0 Å². The lowest BCUT2D eigenvalue weighted by Gasteiger charge is -2.24. The second-order valence-corrected chi connectivity index (χ2v) is 4.83. The van der Waals surface area contributed by atoms with Gasteiger partial charge in [-0.2, -0.15) is 0 Å². The van der Waals surface area contributed by atoms with Gasteiger partial charge in [0, 0.05) is 26.3 Å². The van der Waals surface area contributed by atoms with Crippen LogP contribution in [-0.2, 0) is 0 Å². The molecule has 1 aromatic heterocycles. The standard InChI is InChI=1S/C13H21N5O/c1-17(9-10-18-7-2-3-8-18)11-5-4-6-15-12(11)13(14)16-19/h4-6,19H,2-3,7-10H2,1H3,(H2,14,16). The van der Waals surface area contributed by atoms with Gasteiger partial charge < -0.3 is 20.7 Å². The highest BCUT2D eigenvalue weighted by atomic mass is 16.4. The Morgan fingerprint density at radius 1 is 1.53 bits per heavy atom. The topological polar surface area (TPSA) is 78.0 Å². The van der Waals surface area contributed by atoms with Crippen LogP contribution in [-0.4, -0.2) is 54.2 Å². The monoisotopic (exact) mass is 263 g/mol. The summed E-state index contributed by atoms with van der Waals surface area (Å²) >= 11 is 0. The number of amidine groups is 1. The Balaban J connectivity index is 2.03. The predicted molar refractivity (Wildman–Crippen MR) is 75.7 cm³/mol. The van der Waals surface area contributed by atoms with E-state index < -0.39 is 0 Å². The summed E-state index contributed by atoms with van der Waals surface area (Å²) in [6.45, 7) is 4.31. The van der Waals surface area contributed by atoms with Gasteiger partial charge in [0.15, 0.2) is 5.84 Å². The van der Waals surface area contributed by atoms with Crippen molar-refractivity contribution in [2.75, 3.05) is 38.1 Å². The van der Waals surface area contributed by atoms with Gasteiger partial charge in [-0.15, -0.1) is 0 Å². The number of hydrogen-bond acceptors (Lipinski definition) is 5. The zero-order valence-electron chi connectivity index (χ0n) is 11.3. The molecular weight excluding hydrogens is 242 g/mol. The highest BCUT2D eigenvalue weighted by molar-refractivity contribution is 6.00. The summed E-state index contributed by atoms with van der Waals surface area (Å²) in [5.74, 6) is 0.0450. The lowest BCUT2D eigenvalue weighted by molar-refractivity contribution is 0.318. The van der Waals surface area contributed by atoms with E-state index in [1.807, 2.05) is 19.2 Å². The molecule has 3 N–H and O–H groups in total. The van der Waals surface area contributed by atoms with E-state index in [2.05, 4.69) is 19.9 Å². The predicted octanol–water partition coefficient (Wildman–Crippen LogP) is 0.708. The van der Waals surface area contributed by atoms with Gasteiger partial charge in [0.25, 0.3) is 0 Å². The minimum atomic E-state index is 0.0450. The number of oxime groups is 1. The van der Waals surface area contributed by atoms with Crippen LogP contribution in [0.1, 0.15) is 18.5 Å². The molecule has 0 aromatic carbocycles. The lowest BCUT2D eigenvalue weighted by atomic mass is 10.2. The Hall–Kier alpha value is -1.82. The van der Waals surface area contributed by atoms with Gasteiger partial charge in [-0.3, -0.25) is 4.98 Å². The van der Waals surface area contributed by atoms with Crippen molar-refractivity contribution in [1.29, 1.82) is 0 Å². The summed E-state index contributed by atoms with van der Waals surface area (Å²) in [6, 6.07) is 3.79. The molecule has 1 saturated heterocycles. The maximum absolute atomic E-state index is 8.79. The normalized spacial score (nSPS) is 16.8. The Kier molecular flexibility index (Phi) is 4.57. The van der Waals surface area contributed by atoms with Crippen molar-refractivity contribution in [3.05, 3.63) is 24.0 Å². The van der Waals surface area contributed by atoms with Crippen LogP contribution in [0.4, 0.5) is 5.69 Å². The number of pyridine rings is 1. The van der Waals surface area contributed by atoms with Crippen LogP contribution in [0.2, 0.25) is 0 Å². The van der Waals surface area contributed by atoms with Crippen LogP contribution < -0.4 is 10.6 Å². The fourth-order valence-corrected chi connectivity index (χ4v) is 2.37. The van der Waals surface area contributed by atoms with Crippen molar-refractivity contribution in [3.8, 4) is 0 Å². The molecule has 1 aliphatic rings. The minimum Gasteiger partial charge on any atom is -0.409 e. The van der Waals surface area contributed by atoms with Crippen LogP contribution in [0.15, 0.2) is 23.5 Å². The number of anilines is 1. The second-order valence-electron chi connectivity index (χ2n) is 4.83. The number of likely N-dealkylation sites (N-methyl/N-ethyl adjacent to an activating group) is 1. The van der Waals surface area contributed by atoms with E-state index in [1.165, 1.54) is 25.9 Å². The molecule has 0 atom stereocenters. The fraction of sp³-hybridized carbons (Fsp3) is 0.538. The van der Waals surface area contributed by atoms with Crippen molar-refractivity contribution in [3.63, 3.8) is 0 Å². The van der Waals surface area contributed by atoms with Gasteiger partial charge in [0.1, 0.15) is 5.69 Å². The Morgan fingerprint density at radius 2 is 2.26 bits per heavy atom. The molecule has 2 heterocycles. The second kappa shape index (κ2) is 6.38. The quantitative estimate of drug-likeness (QED) is 0.354. The Morgan fingerprint density at radius 3 is 2.95 bits per heavy atom. The zero-order chi connectivity index (χ0) is 13.7. The number of nitrogens with two attached hydrogens (primary N) is 1. The van der Waals surface area contributed by atoms with Gasteiger partial charge in [0.2, 0.25) is 0 Å². The third-order valence-electron chi connectivity index (χ3n) is 3.50. The lowest BCUT2D eigenvalue weighted by Crippen LogP contribution is -2.32. The number of rotatable bonds is 5. The molecule has 6 heteroatoms. The first-order valence-corrected chi connectivity index (χ1v) is 6.59. The molecule has 0 saturated carbocycles. The van der Waals surface area contributed by atoms with E-state index in [-0.39, 0.29) is 5.84 Å². The van der Waals surface area contributed by atoms with Crippen LogP contribution in [0.5, 0.6) is 0 Å². The zero-order valence-corrected chi connectivity index (χ0v) is 11.3. The molecule has 19 heavy (non-hydrogen) atoms. The molecule has 0 aliphatic carbocycles. The molecule has 0 radical (unpaired) electrons. The summed E-state index contributed by atoms with van der Waals surface area (Å²) in [4.78, 5) is 8.73. The van der Waals surface area contributed by atoms with Gasteiger partial charge in [0.05, 0.1) is 5.69 Å². The molecule has 0 unspecified atom stereocenters. The summed E-state index contributed by atoms with van der Waals surface area (Å²) in [7, 11) is 2.00.